The van der Waals surface area contributed by atoms with Crippen molar-refractivity contribution in [3.8, 4) is 0 Å². The highest BCUT2D eigenvalue weighted by atomic mass is 32.2. The summed E-state index contributed by atoms with van der Waals surface area (Å²) in [6.07, 6.45) is 12.3. The molecule has 5 fully saturated rings. The molecule has 0 aromatic rings. The van der Waals surface area contributed by atoms with Crippen LogP contribution in [-0.2, 0) is 9.47 Å². The van der Waals surface area contributed by atoms with Gasteiger partial charge >= 0.3 is 6.09 Å². The first kappa shape index (κ1) is 41.1. The average Bonchev–Trinajstić information content (AvgIpc) is 3.45. The lowest BCUT2D eigenvalue weighted by Crippen LogP contribution is -2.63. The monoisotopic (exact) mass is 738 g/mol. The second kappa shape index (κ2) is 17.6. The van der Waals surface area contributed by atoms with Gasteiger partial charge in [-0.1, -0.05) is 60.3 Å². The molecule has 0 spiro atoms. The molecule has 7 N–H and O–H groups in total. The number of amidine groups is 1. The van der Waals surface area contributed by atoms with E-state index in [4.69, 9.17) is 15.2 Å². The zero-order valence-electron chi connectivity index (χ0n) is 32.2. The molecule has 4 aliphatic carbocycles. The Morgan fingerprint density at radius 3 is 2.45 bits per heavy atom. The van der Waals surface area contributed by atoms with E-state index in [1.807, 2.05) is 0 Å². The summed E-state index contributed by atoms with van der Waals surface area (Å²) in [5.41, 5.74) is 5.36. The molecule has 294 valence electrons. The number of aliphatic hydroxyl groups excluding tert-OH is 4. The van der Waals surface area contributed by atoms with E-state index in [0.29, 0.717) is 30.3 Å². The lowest BCUT2D eigenvalue weighted by molar-refractivity contribution is -0.205. The number of rotatable bonds is 15. The van der Waals surface area contributed by atoms with Crippen molar-refractivity contribution in [2.24, 2.45) is 57.1 Å². The summed E-state index contributed by atoms with van der Waals surface area (Å²) >= 11 is 1.17. The summed E-state index contributed by atoms with van der Waals surface area (Å²) in [6, 6.07) is 0. The summed E-state index contributed by atoms with van der Waals surface area (Å²) in [7, 11) is 0. The fraction of sp³-hybridized carbons (Fsp3) is 0.950. The molecule has 51 heavy (non-hydrogen) atoms. The summed E-state index contributed by atoms with van der Waals surface area (Å²) in [5.74, 6) is 5.29. The van der Waals surface area contributed by atoms with Crippen molar-refractivity contribution < 1.29 is 34.7 Å². The Morgan fingerprint density at radius 2 is 1.71 bits per heavy atom. The molecule has 0 bridgehead atoms. The second-order valence-electron chi connectivity index (χ2n) is 18.0. The van der Waals surface area contributed by atoms with Crippen molar-refractivity contribution in [1.29, 1.82) is 0 Å². The standard InChI is InChI=1S/C40H71N3O7S/c1-25(2)11-10-12-26(3)28-13-14-29-27-15-20-40(18-7-6-17-39(40,5)30(27)16-19-38(28,29)4)50-37(48)43-22-9-8-21-42-32(41)24-51-36-35(47)34(46)33(45)31(23-44)49-36/h25-31,33-36,44-47H,6-24H2,1-5H3,(H2,41,42)(H,43,48)/t26-,27+,28-,29+,30+,31-,33+,34+,35-,36?,38-,39-,40?/m1/s1. The Morgan fingerprint density at radius 1 is 0.941 bits per heavy atom. The number of alkyl carbamates (subject to hydrolysis) is 1. The molecule has 1 heterocycles. The van der Waals surface area contributed by atoms with Gasteiger partial charge in [-0.2, -0.15) is 0 Å². The first-order valence-electron chi connectivity index (χ1n) is 20.4. The highest BCUT2D eigenvalue weighted by Gasteiger charge is 2.65. The maximum absolute atomic E-state index is 13.4. The van der Waals surface area contributed by atoms with Crippen LogP contribution in [0.25, 0.3) is 0 Å². The number of thioether (sulfide) groups is 1. The van der Waals surface area contributed by atoms with Crippen molar-refractivity contribution in [1.82, 2.24) is 5.32 Å². The van der Waals surface area contributed by atoms with Gasteiger partial charge in [0.25, 0.3) is 0 Å². The van der Waals surface area contributed by atoms with Crippen LogP contribution < -0.4 is 11.1 Å². The second-order valence-corrected chi connectivity index (χ2v) is 19.1. The Kier molecular flexibility index (Phi) is 14.1. The lowest BCUT2D eigenvalue weighted by atomic mass is 9.43. The van der Waals surface area contributed by atoms with Gasteiger partial charge in [-0.15, -0.1) is 11.8 Å². The average molecular weight is 738 g/mol. The van der Waals surface area contributed by atoms with Gasteiger partial charge in [-0.3, -0.25) is 4.99 Å². The van der Waals surface area contributed by atoms with Gasteiger partial charge < -0.3 is 41.0 Å². The third-order valence-electron chi connectivity index (χ3n) is 14.6. The van der Waals surface area contributed by atoms with Crippen LogP contribution in [0.1, 0.15) is 131 Å². The quantitative estimate of drug-likeness (QED) is 0.0670. The van der Waals surface area contributed by atoms with Gasteiger partial charge in [0.15, 0.2) is 0 Å². The van der Waals surface area contributed by atoms with Crippen LogP contribution in [0.3, 0.4) is 0 Å². The minimum Gasteiger partial charge on any atom is -0.442 e. The molecule has 1 saturated heterocycles. The van der Waals surface area contributed by atoms with Crippen molar-refractivity contribution in [2.45, 2.75) is 166 Å². The van der Waals surface area contributed by atoms with Gasteiger partial charge in [0.2, 0.25) is 0 Å². The lowest BCUT2D eigenvalue weighted by Gasteiger charge is -2.64. The van der Waals surface area contributed by atoms with Crippen LogP contribution in [0.5, 0.6) is 0 Å². The number of hydrogen-bond donors (Lipinski definition) is 6. The molecule has 0 aromatic carbocycles. The van der Waals surface area contributed by atoms with Gasteiger partial charge in [-0.05, 0) is 112 Å². The third-order valence-corrected chi connectivity index (χ3v) is 15.8. The number of carbonyl (C=O) groups excluding carboxylic acids is 1. The zero-order chi connectivity index (χ0) is 37.0. The number of nitrogens with two attached hydrogens (primary N) is 1. The first-order chi connectivity index (χ1) is 24.3. The summed E-state index contributed by atoms with van der Waals surface area (Å²) in [5, 5.41) is 42.6. The summed E-state index contributed by atoms with van der Waals surface area (Å²) < 4.78 is 12.1. The van der Waals surface area contributed by atoms with Gasteiger partial charge in [0, 0.05) is 18.5 Å². The van der Waals surface area contributed by atoms with E-state index in [-0.39, 0.29) is 22.9 Å². The number of ether oxygens (including phenoxy) is 2. The topological polar surface area (TPSA) is 167 Å². The number of fused-ring (bicyclic) bond motifs is 5. The van der Waals surface area contributed by atoms with E-state index in [1.165, 1.54) is 69.5 Å². The van der Waals surface area contributed by atoms with Crippen LogP contribution in [-0.4, -0.2) is 93.3 Å². The molecule has 0 radical (unpaired) electrons. The molecule has 5 aliphatic rings. The number of unbranched alkanes of at least 4 members (excludes halogenated alkanes) is 1. The minimum atomic E-state index is -1.41. The van der Waals surface area contributed by atoms with E-state index < -0.39 is 36.5 Å². The Labute approximate surface area is 311 Å². The van der Waals surface area contributed by atoms with Crippen molar-refractivity contribution in [2.75, 3.05) is 25.4 Å². The highest BCUT2D eigenvalue weighted by Crippen LogP contribution is 2.70. The molecular weight excluding hydrogens is 667 g/mol. The van der Waals surface area contributed by atoms with Crippen molar-refractivity contribution in [3.63, 3.8) is 0 Å². The van der Waals surface area contributed by atoms with Crippen LogP contribution in [0.4, 0.5) is 4.79 Å². The summed E-state index contributed by atoms with van der Waals surface area (Å²) in [6.45, 7) is 12.9. The maximum Gasteiger partial charge on any atom is 0.407 e. The molecule has 1 aliphatic heterocycles. The molecule has 10 nitrogen and oxygen atoms in total. The van der Waals surface area contributed by atoms with Gasteiger partial charge in [-0.25, -0.2) is 4.79 Å². The maximum atomic E-state index is 13.4. The molecule has 11 heteroatoms. The highest BCUT2D eigenvalue weighted by molar-refractivity contribution is 8.00. The number of carbonyl (C=O) groups is 1. The molecule has 1 amide bonds. The largest absolute Gasteiger partial charge is 0.442 e. The molecule has 4 saturated carbocycles. The first-order valence-corrected chi connectivity index (χ1v) is 21.5. The van der Waals surface area contributed by atoms with E-state index >= 15 is 0 Å². The van der Waals surface area contributed by atoms with Gasteiger partial charge in [0.1, 0.15) is 41.3 Å². The number of hydrogen-bond acceptors (Lipinski definition) is 9. The molecule has 5 rings (SSSR count). The summed E-state index contributed by atoms with van der Waals surface area (Å²) in [4.78, 5) is 17.8. The van der Waals surface area contributed by atoms with Crippen LogP contribution in [0.15, 0.2) is 4.99 Å². The molecule has 0 aromatic heterocycles. The number of aliphatic imine (C=N–C) groups is 1. The van der Waals surface area contributed by atoms with Crippen LogP contribution in [0.2, 0.25) is 0 Å². The molecular formula is C40H71N3O7S. The van der Waals surface area contributed by atoms with Crippen LogP contribution >= 0.6 is 11.8 Å². The number of nitrogens with zero attached hydrogens (tertiary/aromatic N) is 1. The zero-order valence-corrected chi connectivity index (χ0v) is 33.0. The van der Waals surface area contributed by atoms with E-state index in [9.17, 15) is 25.2 Å². The fourth-order valence-electron chi connectivity index (χ4n) is 11.8. The number of aliphatic hydroxyl groups is 4. The van der Waals surface area contributed by atoms with Crippen LogP contribution in [0, 0.1) is 46.3 Å². The predicted octanol–water partition coefficient (Wildman–Crippen LogP) is 6.02. The van der Waals surface area contributed by atoms with E-state index in [1.54, 1.807) is 0 Å². The molecule has 2 unspecified atom stereocenters. The van der Waals surface area contributed by atoms with E-state index in [2.05, 4.69) is 44.9 Å². The Bertz CT molecular complexity index is 1170. The molecule has 13 atom stereocenters. The normalized spacial score (nSPS) is 41.8. The van der Waals surface area contributed by atoms with Crippen molar-refractivity contribution in [3.05, 3.63) is 0 Å². The van der Waals surface area contributed by atoms with Gasteiger partial charge in [0.05, 0.1) is 12.4 Å². The smallest absolute Gasteiger partial charge is 0.407 e. The van der Waals surface area contributed by atoms with Crippen molar-refractivity contribution >= 4 is 23.7 Å². The predicted molar refractivity (Wildman–Crippen MR) is 203 cm³/mol. The Hall–Kier alpha value is -1.11. The number of amides is 1. The fourth-order valence-corrected chi connectivity index (χ4v) is 12.8. The SMILES string of the molecule is CC(C)CCC[C@@H](C)[C@H]1CC[C@H]2[C@@H]3CCC4(OC(=O)NCCCCN=C(N)CSC5O[C@H](CO)[C@H](O)[C@H](O)[C@H]5O)CCCC[C@]4(C)[C@H]3CC[C@]12C. The third kappa shape index (κ3) is 8.74. The Balaban J connectivity index is 1.07. The van der Waals surface area contributed by atoms with E-state index in [0.717, 1.165) is 68.1 Å². The number of nitrogens with one attached hydrogen (secondary N) is 1. The minimum absolute atomic E-state index is 0.0354.